The second-order valence-corrected chi connectivity index (χ2v) is 4.13. The lowest BCUT2D eigenvalue weighted by Gasteiger charge is -2.20. The highest BCUT2D eigenvalue weighted by Crippen LogP contribution is 2.24. The maximum atomic E-state index is 13.9. The molecular weight excluding hydrogens is 254 g/mol. The smallest absolute Gasteiger partial charge is 0.340 e. The van der Waals surface area contributed by atoms with Crippen LogP contribution < -0.4 is 10.2 Å². The van der Waals surface area contributed by atoms with Crippen LogP contribution in [0.4, 0.5) is 14.5 Å². The Hall–Kier alpha value is -1.69. The van der Waals surface area contributed by atoms with Gasteiger partial charge in [-0.3, -0.25) is 0 Å². The highest BCUT2D eigenvalue weighted by Gasteiger charge is 2.20. The minimum absolute atomic E-state index is 0.126. The summed E-state index contributed by atoms with van der Waals surface area (Å²) in [5.74, 6) is -3.10. The Kier molecular flexibility index (Phi) is 5.69. The van der Waals surface area contributed by atoms with Crippen LogP contribution >= 0.6 is 0 Å². The van der Waals surface area contributed by atoms with Crippen LogP contribution in [0.1, 0.15) is 16.8 Å². The Morgan fingerprint density at radius 3 is 2.63 bits per heavy atom. The lowest BCUT2D eigenvalue weighted by molar-refractivity contribution is 0.0594. The molecule has 4 nitrogen and oxygen atoms in total. The number of nitrogens with zero attached hydrogens (tertiary/aromatic N) is 1. The number of anilines is 1. The third kappa shape index (κ3) is 3.64. The van der Waals surface area contributed by atoms with Gasteiger partial charge in [0.05, 0.1) is 18.4 Å². The summed E-state index contributed by atoms with van der Waals surface area (Å²) in [4.78, 5) is 12.8. The Morgan fingerprint density at radius 1 is 1.37 bits per heavy atom. The molecule has 19 heavy (non-hydrogen) atoms. The number of ether oxygens (including phenoxy) is 1. The maximum absolute atomic E-state index is 13.9. The molecule has 0 aliphatic rings. The van der Waals surface area contributed by atoms with Crippen molar-refractivity contribution < 1.29 is 18.3 Å². The van der Waals surface area contributed by atoms with Gasteiger partial charge in [0, 0.05) is 13.6 Å². The summed E-state index contributed by atoms with van der Waals surface area (Å²) in [7, 11) is 4.62. The zero-order chi connectivity index (χ0) is 14.4. The second kappa shape index (κ2) is 7.04. The fourth-order valence-corrected chi connectivity index (χ4v) is 1.72. The van der Waals surface area contributed by atoms with Crippen molar-refractivity contribution in [2.45, 2.75) is 6.42 Å². The molecule has 0 unspecified atom stereocenters. The first-order valence-electron chi connectivity index (χ1n) is 5.95. The highest BCUT2D eigenvalue weighted by molar-refractivity contribution is 5.90. The molecule has 0 aliphatic heterocycles. The molecule has 0 radical (unpaired) electrons. The van der Waals surface area contributed by atoms with Crippen molar-refractivity contribution in [1.82, 2.24) is 5.32 Å². The summed E-state index contributed by atoms with van der Waals surface area (Å²) in [6.07, 6.45) is 0.798. The topological polar surface area (TPSA) is 41.6 Å². The standard InChI is InChI=1S/C13H18F2N2O2/c1-16-7-4-8-17(2)10-6-5-9(13(18)19-3)11(14)12(10)15/h5-6,16H,4,7-8H2,1-3H3. The molecule has 0 spiro atoms. The van der Waals surface area contributed by atoms with Gasteiger partial charge in [0.15, 0.2) is 11.6 Å². The summed E-state index contributed by atoms with van der Waals surface area (Å²) in [5, 5.41) is 2.98. The molecule has 0 amide bonds. The number of hydrogen-bond acceptors (Lipinski definition) is 4. The molecule has 106 valence electrons. The SMILES string of the molecule is CNCCCN(C)c1ccc(C(=O)OC)c(F)c1F. The summed E-state index contributed by atoms with van der Waals surface area (Å²) in [5.41, 5.74) is -0.270. The Balaban J connectivity index is 2.92. The number of rotatable bonds is 6. The van der Waals surface area contributed by atoms with Crippen LogP contribution in [0.3, 0.4) is 0 Å². The minimum atomic E-state index is -1.18. The van der Waals surface area contributed by atoms with Crippen molar-refractivity contribution in [2.24, 2.45) is 0 Å². The van der Waals surface area contributed by atoms with Crippen LogP contribution in [0.15, 0.2) is 12.1 Å². The number of hydrogen-bond donors (Lipinski definition) is 1. The average molecular weight is 272 g/mol. The molecule has 0 saturated heterocycles. The molecule has 0 fully saturated rings. The number of carbonyl (C=O) groups is 1. The lowest BCUT2D eigenvalue weighted by Crippen LogP contribution is -2.23. The maximum Gasteiger partial charge on any atom is 0.340 e. The summed E-state index contributed by atoms with van der Waals surface area (Å²) >= 11 is 0. The number of methoxy groups -OCH3 is 1. The van der Waals surface area contributed by atoms with E-state index in [0.29, 0.717) is 6.54 Å². The van der Waals surface area contributed by atoms with Crippen molar-refractivity contribution in [1.29, 1.82) is 0 Å². The molecule has 1 aromatic rings. The summed E-state index contributed by atoms with van der Waals surface area (Å²) < 4.78 is 32.0. The average Bonchev–Trinajstić information content (AvgIpc) is 2.41. The van der Waals surface area contributed by atoms with E-state index >= 15 is 0 Å². The third-order valence-electron chi connectivity index (χ3n) is 2.80. The molecule has 0 heterocycles. The van der Waals surface area contributed by atoms with E-state index in [1.165, 1.54) is 12.1 Å². The molecule has 1 N–H and O–H groups in total. The molecule has 1 aromatic carbocycles. The van der Waals surface area contributed by atoms with Crippen molar-refractivity contribution in [3.05, 3.63) is 29.3 Å². The number of halogens is 2. The summed E-state index contributed by atoms with van der Waals surface area (Å²) in [6, 6.07) is 2.61. The molecular formula is C13H18F2N2O2. The van der Waals surface area contributed by atoms with Gasteiger partial charge in [-0.05, 0) is 32.1 Å². The van der Waals surface area contributed by atoms with E-state index in [2.05, 4.69) is 10.1 Å². The van der Waals surface area contributed by atoms with Crippen molar-refractivity contribution in [2.75, 3.05) is 39.2 Å². The van der Waals surface area contributed by atoms with Crippen LogP contribution in [0.2, 0.25) is 0 Å². The van der Waals surface area contributed by atoms with Crippen molar-refractivity contribution in [3.8, 4) is 0 Å². The predicted octanol–water partition coefficient (Wildman–Crippen LogP) is 1.80. The molecule has 0 aromatic heterocycles. The quantitative estimate of drug-likeness (QED) is 0.633. The third-order valence-corrected chi connectivity index (χ3v) is 2.80. The van der Waals surface area contributed by atoms with Gasteiger partial charge in [-0.15, -0.1) is 0 Å². The molecule has 1 rings (SSSR count). The molecule has 0 aliphatic carbocycles. The molecule has 6 heteroatoms. The Labute approximate surface area is 111 Å². The predicted molar refractivity (Wildman–Crippen MR) is 69.5 cm³/mol. The van der Waals surface area contributed by atoms with E-state index in [-0.39, 0.29) is 5.69 Å². The van der Waals surface area contributed by atoms with Gasteiger partial charge in [0.25, 0.3) is 0 Å². The molecule has 0 bridgehead atoms. The number of benzene rings is 1. The van der Waals surface area contributed by atoms with Crippen molar-refractivity contribution >= 4 is 11.7 Å². The largest absolute Gasteiger partial charge is 0.465 e. The summed E-state index contributed by atoms with van der Waals surface area (Å²) in [6.45, 7) is 1.36. The van der Waals surface area contributed by atoms with Gasteiger partial charge in [0.1, 0.15) is 0 Å². The number of nitrogens with one attached hydrogen (secondary N) is 1. The first-order chi connectivity index (χ1) is 9.02. The highest BCUT2D eigenvalue weighted by atomic mass is 19.2. The second-order valence-electron chi connectivity index (χ2n) is 4.13. The monoisotopic (exact) mass is 272 g/mol. The van der Waals surface area contributed by atoms with Crippen LogP contribution in [0, 0.1) is 11.6 Å². The fourth-order valence-electron chi connectivity index (χ4n) is 1.72. The van der Waals surface area contributed by atoms with Crippen LogP contribution in [0.5, 0.6) is 0 Å². The Bertz CT molecular complexity index is 453. The van der Waals surface area contributed by atoms with Gasteiger partial charge >= 0.3 is 5.97 Å². The zero-order valence-corrected chi connectivity index (χ0v) is 11.3. The van der Waals surface area contributed by atoms with Crippen LogP contribution in [0.25, 0.3) is 0 Å². The Morgan fingerprint density at radius 2 is 2.05 bits per heavy atom. The van der Waals surface area contributed by atoms with E-state index in [9.17, 15) is 13.6 Å². The van der Waals surface area contributed by atoms with E-state index < -0.39 is 23.2 Å². The molecule has 0 atom stereocenters. The zero-order valence-electron chi connectivity index (χ0n) is 11.3. The van der Waals surface area contributed by atoms with E-state index in [4.69, 9.17) is 0 Å². The first-order valence-corrected chi connectivity index (χ1v) is 5.95. The number of carbonyl (C=O) groups excluding carboxylic acids is 1. The van der Waals surface area contributed by atoms with Crippen molar-refractivity contribution in [3.63, 3.8) is 0 Å². The first kappa shape index (κ1) is 15.4. The van der Waals surface area contributed by atoms with Gasteiger partial charge < -0.3 is 15.0 Å². The van der Waals surface area contributed by atoms with Gasteiger partial charge in [-0.2, -0.15) is 0 Å². The van der Waals surface area contributed by atoms with E-state index in [1.807, 2.05) is 7.05 Å². The van der Waals surface area contributed by atoms with E-state index in [1.54, 1.807) is 11.9 Å². The van der Waals surface area contributed by atoms with Gasteiger partial charge in [-0.25, -0.2) is 13.6 Å². The lowest BCUT2D eigenvalue weighted by atomic mass is 10.1. The fraction of sp³-hybridized carbons (Fsp3) is 0.462. The minimum Gasteiger partial charge on any atom is -0.465 e. The number of esters is 1. The van der Waals surface area contributed by atoms with E-state index in [0.717, 1.165) is 20.1 Å². The normalized spacial score (nSPS) is 10.4. The van der Waals surface area contributed by atoms with Crippen LogP contribution in [-0.2, 0) is 4.74 Å². The van der Waals surface area contributed by atoms with Gasteiger partial charge in [0.2, 0.25) is 0 Å². The van der Waals surface area contributed by atoms with Gasteiger partial charge in [-0.1, -0.05) is 0 Å². The van der Waals surface area contributed by atoms with Crippen LogP contribution in [-0.4, -0.2) is 40.3 Å². The molecule has 0 saturated carbocycles.